The molecule has 1 aliphatic heterocycles. The van der Waals surface area contributed by atoms with Crippen LogP contribution in [0.2, 0.25) is 0 Å². The van der Waals surface area contributed by atoms with Crippen molar-refractivity contribution >= 4 is 11.8 Å². The summed E-state index contributed by atoms with van der Waals surface area (Å²) in [6, 6.07) is 0. The molecule has 3 nitrogen and oxygen atoms in total. The summed E-state index contributed by atoms with van der Waals surface area (Å²) in [6.07, 6.45) is 4.02. The van der Waals surface area contributed by atoms with Gasteiger partial charge in [-0.1, -0.05) is 19.9 Å². The Kier molecular flexibility index (Phi) is 2.17. The monoisotopic (exact) mass is 194 g/mol. The highest BCUT2D eigenvalue weighted by Crippen LogP contribution is 2.35. The number of carbonyl (C=O) groups excluding carboxylic acids is 2. The van der Waals surface area contributed by atoms with Gasteiger partial charge in [-0.2, -0.15) is 0 Å². The topological polar surface area (TPSA) is 43.4 Å². The van der Waals surface area contributed by atoms with E-state index in [0.29, 0.717) is 6.42 Å². The Morgan fingerprint density at radius 3 is 2.79 bits per heavy atom. The van der Waals surface area contributed by atoms with E-state index in [2.05, 4.69) is 0 Å². The van der Waals surface area contributed by atoms with Crippen LogP contribution in [-0.2, 0) is 14.3 Å². The summed E-state index contributed by atoms with van der Waals surface area (Å²) in [5.41, 5.74) is 0. The Morgan fingerprint density at radius 2 is 2.07 bits per heavy atom. The molecular weight excluding hydrogens is 180 g/mol. The molecule has 14 heavy (non-hydrogen) atoms. The molecule has 4 atom stereocenters. The Balaban J connectivity index is 2.25. The largest absolute Gasteiger partial charge is 0.461 e. The van der Waals surface area contributed by atoms with Crippen LogP contribution < -0.4 is 0 Å². The van der Waals surface area contributed by atoms with Crippen molar-refractivity contribution in [3.8, 4) is 0 Å². The molecule has 1 aliphatic carbocycles. The SMILES string of the molecule is C[C@H]1C[C@@H]2OC(=O)[C@H](C)C2C=CC1=O. The van der Waals surface area contributed by atoms with E-state index in [-0.39, 0.29) is 35.6 Å². The predicted octanol–water partition coefficient (Wildman–Crippen LogP) is 1.33. The average Bonchev–Trinajstić information content (AvgIpc) is 2.30. The molecule has 0 aromatic carbocycles. The zero-order valence-corrected chi connectivity index (χ0v) is 8.40. The van der Waals surface area contributed by atoms with E-state index >= 15 is 0 Å². The molecule has 0 spiro atoms. The number of hydrogen-bond donors (Lipinski definition) is 0. The summed E-state index contributed by atoms with van der Waals surface area (Å²) in [7, 11) is 0. The van der Waals surface area contributed by atoms with Gasteiger partial charge in [0, 0.05) is 11.8 Å². The van der Waals surface area contributed by atoms with Crippen molar-refractivity contribution in [2.75, 3.05) is 0 Å². The van der Waals surface area contributed by atoms with Crippen LogP contribution in [0.4, 0.5) is 0 Å². The highest BCUT2D eigenvalue weighted by Gasteiger charge is 2.42. The van der Waals surface area contributed by atoms with Crippen molar-refractivity contribution in [2.24, 2.45) is 17.8 Å². The third-order valence-corrected chi connectivity index (χ3v) is 3.20. The maximum absolute atomic E-state index is 11.4. The Bertz CT molecular complexity index is 306. The smallest absolute Gasteiger partial charge is 0.309 e. The van der Waals surface area contributed by atoms with Crippen LogP contribution in [0, 0.1) is 17.8 Å². The molecule has 0 radical (unpaired) electrons. The molecule has 2 aliphatic rings. The number of ketones is 1. The molecule has 1 fully saturated rings. The maximum Gasteiger partial charge on any atom is 0.309 e. The number of fused-ring (bicyclic) bond motifs is 1. The van der Waals surface area contributed by atoms with Crippen LogP contribution in [0.25, 0.3) is 0 Å². The first-order valence-electron chi connectivity index (χ1n) is 5.02. The second kappa shape index (κ2) is 3.23. The zero-order chi connectivity index (χ0) is 10.3. The number of carbonyl (C=O) groups is 2. The fourth-order valence-electron chi connectivity index (χ4n) is 2.14. The van der Waals surface area contributed by atoms with Gasteiger partial charge in [0.25, 0.3) is 0 Å². The van der Waals surface area contributed by atoms with E-state index in [1.807, 2.05) is 19.9 Å². The summed E-state index contributed by atoms with van der Waals surface area (Å²) in [5.74, 6) is -0.0288. The van der Waals surface area contributed by atoms with Crippen LogP contribution in [0.5, 0.6) is 0 Å². The summed E-state index contributed by atoms with van der Waals surface area (Å²) in [6.45, 7) is 3.74. The maximum atomic E-state index is 11.4. The molecule has 2 rings (SSSR count). The predicted molar refractivity (Wildman–Crippen MR) is 50.5 cm³/mol. The summed E-state index contributed by atoms with van der Waals surface area (Å²) in [4.78, 5) is 22.7. The lowest BCUT2D eigenvalue weighted by atomic mass is 9.89. The van der Waals surface area contributed by atoms with E-state index in [4.69, 9.17) is 4.74 Å². The van der Waals surface area contributed by atoms with Crippen molar-refractivity contribution in [1.29, 1.82) is 0 Å². The molecule has 1 unspecified atom stereocenters. The van der Waals surface area contributed by atoms with E-state index in [1.54, 1.807) is 6.08 Å². The third-order valence-electron chi connectivity index (χ3n) is 3.20. The second-order valence-electron chi connectivity index (χ2n) is 4.24. The molecule has 76 valence electrons. The summed E-state index contributed by atoms with van der Waals surface area (Å²) >= 11 is 0. The van der Waals surface area contributed by atoms with Crippen molar-refractivity contribution in [1.82, 2.24) is 0 Å². The molecule has 0 aromatic heterocycles. The number of hydrogen-bond acceptors (Lipinski definition) is 3. The normalized spacial score (nSPS) is 41.9. The number of ether oxygens (including phenoxy) is 1. The highest BCUT2D eigenvalue weighted by atomic mass is 16.6. The van der Waals surface area contributed by atoms with Gasteiger partial charge in [-0.15, -0.1) is 0 Å². The van der Waals surface area contributed by atoms with Gasteiger partial charge in [-0.3, -0.25) is 9.59 Å². The van der Waals surface area contributed by atoms with Gasteiger partial charge in [0.2, 0.25) is 0 Å². The summed E-state index contributed by atoms with van der Waals surface area (Å²) < 4.78 is 5.23. The molecule has 1 saturated heterocycles. The molecule has 0 N–H and O–H groups in total. The fraction of sp³-hybridized carbons (Fsp3) is 0.636. The van der Waals surface area contributed by atoms with E-state index < -0.39 is 0 Å². The number of allylic oxidation sites excluding steroid dienone is 1. The van der Waals surface area contributed by atoms with Crippen LogP contribution >= 0.6 is 0 Å². The molecule has 0 amide bonds. The Hall–Kier alpha value is -1.12. The molecule has 3 heteroatoms. The fourth-order valence-corrected chi connectivity index (χ4v) is 2.14. The first-order valence-corrected chi connectivity index (χ1v) is 5.02. The molecule has 0 bridgehead atoms. The first-order chi connectivity index (χ1) is 6.59. The second-order valence-corrected chi connectivity index (χ2v) is 4.24. The van der Waals surface area contributed by atoms with Gasteiger partial charge in [0.1, 0.15) is 6.10 Å². The number of rotatable bonds is 0. The van der Waals surface area contributed by atoms with Crippen LogP contribution in [-0.4, -0.2) is 17.9 Å². The summed E-state index contributed by atoms with van der Waals surface area (Å²) in [5, 5.41) is 0. The average molecular weight is 194 g/mol. The van der Waals surface area contributed by atoms with Gasteiger partial charge in [-0.05, 0) is 12.5 Å². The minimum Gasteiger partial charge on any atom is -0.461 e. The zero-order valence-electron chi connectivity index (χ0n) is 8.40. The van der Waals surface area contributed by atoms with Crippen LogP contribution in [0.3, 0.4) is 0 Å². The molecule has 0 aromatic rings. The van der Waals surface area contributed by atoms with Gasteiger partial charge < -0.3 is 4.74 Å². The molecule has 1 heterocycles. The lowest BCUT2D eigenvalue weighted by Crippen LogP contribution is -2.19. The van der Waals surface area contributed by atoms with Gasteiger partial charge >= 0.3 is 5.97 Å². The Morgan fingerprint density at radius 1 is 1.36 bits per heavy atom. The van der Waals surface area contributed by atoms with E-state index in [0.717, 1.165) is 0 Å². The minimum atomic E-state index is -0.133. The number of esters is 1. The van der Waals surface area contributed by atoms with Crippen LogP contribution in [0.1, 0.15) is 20.3 Å². The van der Waals surface area contributed by atoms with E-state index in [9.17, 15) is 9.59 Å². The van der Waals surface area contributed by atoms with E-state index in [1.165, 1.54) is 0 Å². The lowest BCUT2D eigenvalue weighted by molar-refractivity contribution is -0.144. The first kappa shape index (κ1) is 9.44. The van der Waals surface area contributed by atoms with Crippen LogP contribution in [0.15, 0.2) is 12.2 Å². The third kappa shape index (κ3) is 1.37. The molecular formula is C11H14O3. The van der Waals surface area contributed by atoms with Crippen molar-refractivity contribution in [3.63, 3.8) is 0 Å². The van der Waals surface area contributed by atoms with Gasteiger partial charge in [0.15, 0.2) is 5.78 Å². The van der Waals surface area contributed by atoms with Gasteiger partial charge in [0.05, 0.1) is 5.92 Å². The molecule has 0 saturated carbocycles. The Labute approximate surface area is 83.1 Å². The quantitative estimate of drug-likeness (QED) is 0.546. The lowest BCUT2D eigenvalue weighted by Gasteiger charge is -2.15. The van der Waals surface area contributed by atoms with Crippen molar-refractivity contribution in [2.45, 2.75) is 26.4 Å². The van der Waals surface area contributed by atoms with Gasteiger partial charge in [-0.25, -0.2) is 0 Å². The van der Waals surface area contributed by atoms with Crippen molar-refractivity contribution in [3.05, 3.63) is 12.2 Å². The minimum absolute atomic E-state index is 0.0284. The van der Waals surface area contributed by atoms with Crippen molar-refractivity contribution < 1.29 is 14.3 Å². The highest BCUT2D eigenvalue weighted by molar-refractivity contribution is 5.92. The standard InChI is InChI=1S/C11H14O3/c1-6-5-10-8(3-4-9(6)12)7(2)11(13)14-10/h3-4,6-8,10H,5H2,1-2H3/t6-,7+,8?,10-/m0/s1.